The first kappa shape index (κ1) is 34.2. The Bertz CT molecular complexity index is 2320. The van der Waals surface area contributed by atoms with Crippen LogP contribution < -0.4 is 20.1 Å². The molecule has 4 aromatic carbocycles. The molecule has 4 heterocycles. The number of carbonyl (C=O) groups is 1. The molecule has 54 heavy (non-hydrogen) atoms. The van der Waals surface area contributed by atoms with E-state index in [1.54, 1.807) is 14.2 Å². The van der Waals surface area contributed by atoms with Crippen molar-refractivity contribution in [3.63, 3.8) is 0 Å². The molecule has 8 aromatic rings. The van der Waals surface area contributed by atoms with Crippen LogP contribution in [0.2, 0.25) is 0 Å². The van der Waals surface area contributed by atoms with Crippen LogP contribution >= 0.6 is 0 Å². The molecule has 0 aliphatic carbocycles. The van der Waals surface area contributed by atoms with Gasteiger partial charge < -0.3 is 20.1 Å². The maximum atomic E-state index is 16.4. The molecule has 8 rings (SSSR count). The van der Waals surface area contributed by atoms with Crippen LogP contribution in [0.1, 0.15) is 46.2 Å². The second-order valence-corrected chi connectivity index (χ2v) is 13.1. The van der Waals surface area contributed by atoms with Gasteiger partial charge in [-0.25, -0.2) is 9.03 Å². The van der Waals surface area contributed by atoms with Crippen LogP contribution in [0.3, 0.4) is 0 Å². The number of carbonyl (C=O) groups excluding carboxylic acids is 1. The highest BCUT2D eigenvalue weighted by molar-refractivity contribution is 5.97. The number of nitrogens with zero attached hydrogens (tertiary/aromatic N) is 4. The first-order chi connectivity index (χ1) is 26.6. The fourth-order valence-corrected chi connectivity index (χ4v) is 7.40. The number of nitrogens with one attached hydrogen (secondary N) is 2. The van der Waals surface area contributed by atoms with E-state index in [4.69, 9.17) is 19.7 Å². The minimum atomic E-state index is -0.736. The van der Waals surface area contributed by atoms with Crippen LogP contribution in [0.15, 0.2) is 170 Å². The number of ketones is 1. The molecule has 0 spiro atoms. The first-order valence-electron chi connectivity index (χ1n) is 17.9. The van der Waals surface area contributed by atoms with Crippen LogP contribution in [0, 0.1) is 0 Å². The number of aromatic nitrogens is 4. The molecule has 0 radical (unpaired) electrons. The van der Waals surface area contributed by atoms with E-state index in [0.29, 0.717) is 11.5 Å². The maximum Gasteiger partial charge on any atom is 0.152 e. The third kappa shape index (κ3) is 6.87. The summed E-state index contributed by atoms with van der Waals surface area (Å²) in [5.41, 5.74) is 6.84. The van der Waals surface area contributed by atoms with Gasteiger partial charge >= 0.3 is 0 Å². The molecule has 4 aromatic heterocycles. The average molecular weight is 713 g/mol. The molecule has 2 N–H and O–H groups in total. The van der Waals surface area contributed by atoms with Gasteiger partial charge in [-0.05, 0) is 59.7 Å². The fourth-order valence-electron chi connectivity index (χ4n) is 7.40. The van der Waals surface area contributed by atoms with Crippen molar-refractivity contribution in [2.75, 3.05) is 24.9 Å². The van der Waals surface area contributed by atoms with Crippen molar-refractivity contribution in [2.45, 2.75) is 23.9 Å². The van der Waals surface area contributed by atoms with Crippen molar-refractivity contribution in [3.8, 4) is 11.5 Å². The Kier molecular flexibility index (Phi) is 9.76. The molecule has 4 unspecified atom stereocenters. The van der Waals surface area contributed by atoms with Gasteiger partial charge in [0, 0.05) is 47.0 Å². The summed E-state index contributed by atoms with van der Waals surface area (Å²) in [4.78, 5) is 16.4. The number of pyridine rings is 2. The van der Waals surface area contributed by atoms with E-state index >= 15 is 4.79 Å². The van der Waals surface area contributed by atoms with Crippen LogP contribution in [0.5, 0.6) is 11.5 Å². The lowest BCUT2D eigenvalue weighted by Crippen LogP contribution is -2.34. The standard InChI is InChI=1S/C45H40N6O3/c1-53-35-21-13-19-33(27-35)48-43(31-15-5-3-6-16-31)41(37-29-46-50-25-11-9-23-39(37)50)45(52)42(38-30-47-51-26-12-10-24-40(38)51)44(32-17-7-4-8-18-32)49-34-20-14-22-36(28-34)54-2/h3-30,41-44,48-49H,1-2H3. The monoisotopic (exact) mass is 712 g/mol. The van der Waals surface area contributed by atoms with Gasteiger partial charge in [0.2, 0.25) is 0 Å². The lowest BCUT2D eigenvalue weighted by Gasteiger charge is -2.35. The molecule has 0 amide bonds. The van der Waals surface area contributed by atoms with Crippen molar-refractivity contribution in [1.82, 2.24) is 19.2 Å². The number of fused-ring (bicyclic) bond motifs is 2. The van der Waals surface area contributed by atoms with E-state index in [-0.39, 0.29) is 5.78 Å². The molecule has 0 aliphatic heterocycles. The minimum absolute atomic E-state index is 0.0130. The highest BCUT2D eigenvalue weighted by Crippen LogP contribution is 2.46. The van der Waals surface area contributed by atoms with E-state index < -0.39 is 23.9 Å². The van der Waals surface area contributed by atoms with Gasteiger partial charge in [0.25, 0.3) is 0 Å². The zero-order chi connectivity index (χ0) is 36.9. The summed E-state index contributed by atoms with van der Waals surface area (Å²) in [6, 6.07) is 46.7. The topological polar surface area (TPSA) is 94.2 Å². The number of anilines is 2. The molecular weight excluding hydrogens is 673 g/mol. The Balaban J connectivity index is 1.38. The zero-order valence-electron chi connectivity index (χ0n) is 30.0. The van der Waals surface area contributed by atoms with Crippen molar-refractivity contribution in [2.24, 2.45) is 0 Å². The summed E-state index contributed by atoms with van der Waals surface area (Å²) in [5.74, 6) is -0.0648. The zero-order valence-corrected chi connectivity index (χ0v) is 30.0. The molecule has 0 fully saturated rings. The molecule has 9 heteroatoms. The summed E-state index contributed by atoms with van der Waals surface area (Å²) in [5, 5.41) is 17.1. The second-order valence-electron chi connectivity index (χ2n) is 13.1. The normalized spacial score (nSPS) is 13.5. The minimum Gasteiger partial charge on any atom is -0.497 e. The van der Waals surface area contributed by atoms with E-state index in [2.05, 4.69) is 34.9 Å². The van der Waals surface area contributed by atoms with Crippen LogP contribution in [0.25, 0.3) is 11.0 Å². The predicted octanol–water partition coefficient (Wildman–Crippen LogP) is 9.14. The van der Waals surface area contributed by atoms with Crippen molar-refractivity contribution < 1.29 is 14.3 Å². The summed E-state index contributed by atoms with van der Waals surface area (Å²) in [6.07, 6.45) is 7.49. The Morgan fingerprint density at radius 3 is 1.39 bits per heavy atom. The molecule has 0 saturated heterocycles. The number of methoxy groups -OCH3 is 2. The summed E-state index contributed by atoms with van der Waals surface area (Å²) < 4.78 is 14.9. The number of rotatable bonds is 14. The molecule has 0 bridgehead atoms. The highest BCUT2D eigenvalue weighted by atomic mass is 16.5. The Hall–Kier alpha value is -6.87. The third-order valence-corrected chi connectivity index (χ3v) is 9.96. The van der Waals surface area contributed by atoms with Gasteiger partial charge in [0.15, 0.2) is 5.78 Å². The SMILES string of the molecule is COc1cccc(NC(c2ccccc2)C(C(=O)C(c2cnn3ccccc23)C(Nc2cccc(OC)c2)c2ccccc2)c2cnn3ccccc23)c1. The van der Waals surface area contributed by atoms with Gasteiger partial charge in [-0.2, -0.15) is 10.2 Å². The Morgan fingerprint density at radius 1 is 0.537 bits per heavy atom. The molecule has 0 aliphatic rings. The van der Waals surface area contributed by atoms with Crippen LogP contribution in [-0.4, -0.2) is 39.2 Å². The predicted molar refractivity (Wildman–Crippen MR) is 212 cm³/mol. The van der Waals surface area contributed by atoms with Gasteiger partial charge in [0.1, 0.15) is 11.5 Å². The first-order valence-corrected chi connectivity index (χ1v) is 17.9. The fraction of sp³-hybridized carbons (Fsp3) is 0.133. The smallest absolute Gasteiger partial charge is 0.152 e. The number of hydrogen-bond donors (Lipinski definition) is 2. The molecule has 0 saturated carbocycles. The quantitative estimate of drug-likeness (QED) is 0.116. The van der Waals surface area contributed by atoms with E-state index in [1.165, 1.54) is 0 Å². The van der Waals surface area contributed by atoms with Gasteiger partial charge in [-0.1, -0.05) is 84.9 Å². The van der Waals surface area contributed by atoms with E-state index in [1.807, 2.05) is 155 Å². The number of benzene rings is 4. The number of hydrogen-bond acceptors (Lipinski definition) is 7. The Morgan fingerprint density at radius 2 is 0.963 bits per heavy atom. The highest BCUT2D eigenvalue weighted by Gasteiger charge is 2.42. The van der Waals surface area contributed by atoms with Gasteiger partial charge in [-0.15, -0.1) is 0 Å². The summed E-state index contributed by atoms with van der Waals surface area (Å²) >= 11 is 0. The molecule has 9 nitrogen and oxygen atoms in total. The maximum absolute atomic E-state index is 16.4. The third-order valence-electron chi connectivity index (χ3n) is 9.96. The molecular formula is C45H40N6O3. The van der Waals surface area contributed by atoms with Crippen molar-refractivity contribution >= 4 is 28.2 Å². The van der Waals surface area contributed by atoms with E-state index in [9.17, 15) is 0 Å². The van der Waals surface area contributed by atoms with Gasteiger partial charge in [0.05, 0.1) is 61.6 Å². The largest absolute Gasteiger partial charge is 0.497 e. The number of Topliss-reactive ketones (excluding diaryl/α,β-unsaturated/α-hetero) is 1. The average Bonchev–Trinajstić information content (AvgIpc) is 3.86. The van der Waals surface area contributed by atoms with Crippen molar-refractivity contribution in [1.29, 1.82) is 0 Å². The Labute approximate surface area is 313 Å². The molecule has 268 valence electrons. The van der Waals surface area contributed by atoms with Crippen molar-refractivity contribution in [3.05, 3.63) is 193 Å². The lowest BCUT2D eigenvalue weighted by molar-refractivity contribution is -0.122. The van der Waals surface area contributed by atoms with E-state index in [0.717, 1.165) is 44.7 Å². The molecule has 4 atom stereocenters. The number of ether oxygens (including phenoxy) is 2. The van der Waals surface area contributed by atoms with Crippen LogP contribution in [0.4, 0.5) is 11.4 Å². The van der Waals surface area contributed by atoms with Crippen LogP contribution in [-0.2, 0) is 4.79 Å². The summed E-state index contributed by atoms with van der Waals surface area (Å²) in [6.45, 7) is 0. The lowest BCUT2D eigenvalue weighted by atomic mass is 9.74. The summed E-state index contributed by atoms with van der Waals surface area (Å²) in [7, 11) is 3.30. The second kappa shape index (κ2) is 15.4. The van der Waals surface area contributed by atoms with Gasteiger partial charge in [-0.3, -0.25) is 4.79 Å².